The average Bonchev–Trinajstić information content (AvgIpc) is 2.24. The van der Waals surface area contributed by atoms with E-state index in [1.807, 2.05) is 25.7 Å². The van der Waals surface area contributed by atoms with Gasteiger partial charge in [0.2, 0.25) is 0 Å². The number of aliphatic hydroxyl groups is 1. The Morgan fingerprint density at radius 3 is 2.33 bits per heavy atom. The van der Waals surface area contributed by atoms with Gasteiger partial charge in [-0.05, 0) is 39.5 Å². The number of piperazine rings is 1. The number of amides is 1. The van der Waals surface area contributed by atoms with Gasteiger partial charge < -0.3 is 15.2 Å². The van der Waals surface area contributed by atoms with Crippen molar-refractivity contribution in [2.75, 3.05) is 19.7 Å². The highest BCUT2D eigenvalue weighted by Crippen LogP contribution is 2.30. The third kappa shape index (κ3) is 2.95. The quantitative estimate of drug-likeness (QED) is 0.734. The molecule has 2 aliphatic rings. The fourth-order valence-corrected chi connectivity index (χ4v) is 2.93. The number of ether oxygens (including phenoxy) is 1. The van der Waals surface area contributed by atoms with E-state index in [9.17, 15) is 9.90 Å². The first-order chi connectivity index (χ1) is 8.40. The molecular weight excluding hydrogens is 232 g/mol. The summed E-state index contributed by atoms with van der Waals surface area (Å²) in [6.07, 6.45) is 1.51. The van der Waals surface area contributed by atoms with Gasteiger partial charge in [0.1, 0.15) is 5.60 Å². The van der Waals surface area contributed by atoms with Crippen molar-refractivity contribution in [2.45, 2.75) is 51.3 Å². The minimum atomic E-state index is -0.452. The van der Waals surface area contributed by atoms with Crippen LogP contribution in [0.5, 0.6) is 0 Å². The molecule has 2 saturated heterocycles. The third-order valence-electron chi connectivity index (χ3n) is 3.62. The van der Waals surface area contributed by atoms with Crippen molar-refractivity contribution >= 4 is 6.09 Å². The smallest absolute Gasteiger partial charge is 0.410 e. The zero-order valence-corrected chi connectivity index (χ0v) is 11.5. The van der Waals surface area contributed by atoms with E-state index < -0.39 is 5.60 Å². The summed E-state index contributed by atoms with van der Waals surface area (Å²) < 4.78 is 5.48. The molecule has 2 unspecified atom stereocenters. The molecule has 2 aliphatic heterocycles. The topological polar surface area (TPSA) is 61.8 Å². The zero-order chi connectivity index (χ0) is 13.3. The van der Waals surface area contributed by atoms with E-state index in [1.54, 1.807) is 0 Å². The minimum Gasteiger partial charge on any atom is -0.444 e. The molecule has 0 aliphatic carbocycles. The highest BCUT2D eigenvalue weighted by atomic mass is 16.6. The SMILES string of the molecule is CC(C)(C)OC(=O)N1C2CNCC1CC(CO)C2. The van der Waals surface area contributed by atoms with Crippen LogP contribution in [0.15, 0.2) is 0 Å². The predicted octanol–water partition coefficient (Wildman–Crippen LogP) is 0.966. The van der Waals surface area contributed by atoms with E-state index in [-0.39, 0.29) is 24.8 Å². The molecule has 5 heteroatoms. The molecule has 5 nitrogen and oxygen atoms in total. The second-order valence-corrected chi connectivity index (χ2v) is 6.37. The Bertz CT molecular complexity index is 300. The lowest BCUT2D eigenvalue weighted by molar-refractivity contribution is -0.0282. The van der Waals surface area contributed by atoms with Crippen molar-refractivity contribution in [3.63, 3.8) is 0 Å². The first-order valence-electron chi connectivity index (χ1n) is 6.73. The number of nitrogens with zero attached hydrogens (tertiary/aromatic N) is 1. The van der Waals surface area contributed by atoms with Crippen LogP contribution in [0, 0.1) is 5.92 Å². The summed E-state index contributed by atoms with van der Waals surface area (Å²) in [4.78, 5) is 14.1. The molecule has 2 rings (SSSR count). The van der Waals surface area contributed by atoms with E-state index in [4.69, 9.17) is 4.74 Å². The van der Waals surface area contributed by atoms with Crippen molar-refractivity contribution in [3.05, 3.63) is 0 Å². The molecule has 0 aromatic carbocycles. The molecular formula is C13H24N2O3. The van der Waals surface area contributed by atoms with Crippen molar-refractivity contribution in [1.29, 1.82) is 0 Å². The van der Waals surface area contributed by atoms with Crippen LogP contribution in [0.1, 0.15) is 33.6 Å². The second-order valence-electron chi connectivity index (χ2n) is 6.37. The van der Waals surface area contributed by atoms with Crippen LogP contribution < -0.4 is 5.32 Å². The monoisotopic (exact) mass is 256 g/mol. The molecule has 0 saturated carbocycles. The van der Waals surface area contributed by atoms with Gasteiger partial charge in [-0.25, -0.2) is 4.79 Å². The third-order valence-corrected chi connectivity index (χ3v) is 3.62. The van der Waals surface area contributed by atoms with Gasteiger partial charge in [0.05, 0.1) is 0 Å². The van der Waals surface area contributed by atoms with Gasteiger partial charge in [-0.2, -0.15) is 0 Å². The molecule has 0 spiro atoms. The first-order valence-corrected chi connectivity index (χ1v) is 6.73. The molecule has 2 fully saturated rings. The molecule has 2 bridgehead atoms. The number of fused-ring (bicyclic) bond motifs is 2. The lowest BCUT2D eigenvalue weighted by Crippen LogP contribution is -2.63. The molecule has 2 atom stereocenters. The summed E-state index contributed by atoms with van der Waals surface area (Å²) in [6, 6.07) is 0.314. The Hall–Kier alpha value is -0.810. The van der Waals surface area contributed by atoms with Gasteiger partial charge in [0.25, 0.3) is 0 Å². The van der Waals surface area contributed by atoms with Crippen molar-refractivity contribution < 1.29 is 14.6 Å². The van der Waals surface area contributed by atoms with Crippen molar-refractivity contribution in [2.24, 2.45) is 5.92 Å². The van der Waals surface area contributed by atoms with E-state index in [0.29, 0.717) is 5.92 Å². The minimum absolute atomic E-state index is 0.157. The summed E-state index contributed by atoms with van der Waals surface area (Å²) in [5, 5.41) is 12.7. The summed E-state index contributed by atoms with van der Waals surface area (Å²) in [5.41, 5.74) is -0.452. The number of aliphatic hydroxyl groups excluding tert-OH is 1. The van der Waals surface area contributed by atoms with Crippen LogP contribution in [0.25, 0.3) is 0 Å². The summed E-state index contributed by atoms with van der Waals surface area (Å²) in [6.45, 7) is 7.48. The van der Waals surface area contributed by atoms with E-state index in [0.717, 1.165) is 25.9 Å². The number of carbonyl (C=O) groups excluding carboxylic acids is 1. The molecule has 0 aromatic rings. The van der Waals surface area contributed by atoms with Crippen LogP contribution in [0.3, 0.4) is 0 Å². The lowest BCUT2D eigenvalue weighted by Gasteiger charge is -2.48. The number of piperidine rings is 1. The molecule has 2 N–H and O–H groups in total. The number of nitrogens with one attached hydrogen (secondary N) is 1. The van der Waals surface area contributed by atoms with Gasteiger partial charge in [-0.15, -0.1) is 0 Å². The Balaban J connectivity index is 2.06. The second kappa shape index (κ2) is 5.05. The van der Waals surface area contributed by atoms with Gasteiger partial charge in [0, 0.05) is 31.8 Å². The number of hydrogen-bond acceptors (Lipinski definition) is 4. The van der Waals surface area contributed by atoms with Crippen molar-refractivity contribution in [3.8, 4) is 0 Å². The van der Waals surface area contributed by atoms with Crippen LogP contribution in [-0.4, -0.2) is 53.5 Å². The van der Waals surface area contributed by atoms with Gasteiger partial charge in [0.15, 0.2) is 0 Å². The van der Waals surface area contributed by atoms with Crippen molar-refractivity contribution in [1.82, 2.24) is 10.2 Å². The van der Waals surface area contributed by atoms with Crippen LogP contribution in [0.4, 0.5) is 4.79 Å². The molecule has 2 heterocycles. The maximum absolute atomic E-state index is 12.2. The molecule has 0 aromatic heterocycles. The molecule has 0 radical (unpaired) electrons. The molecule has 104 valence electrons. The normalized spacial score (nSPS) is 32.2. The maximum Gasteiger partial charge on any atom is 0.410 e. The Morgan fingerprint density at radius 2 is 1.89 bits per heavy atom. The standard InChI is InChI=1S/C13H24N2O3/c1-13(2,3)18-12(17)15-10-4-9(8-16)5-11(15)7-14-6-10/h9-11,14,16H,4-8H2,1-3H3. The van der Waals surface area contributed by atoms with Gasteiger partial charge in [-0.1, -0.05) is 0 Å². The fraction of sp³-hybridized carbons (Fsp3) is 0.923. The van der Waals surface area contributed by atoms with Gasteiger partial charge in [-0.3, -0.25) is 4.90 Å². The van der Waals surface area contributed by atoms with Crippen LogP contribution in [-0.2, 0) is 4.74 Å². The first kappa shape index (κ1) is 13.6. The summed E-state index contributed by atoms with van der Waals surface area (Å²) in [7, 11) is 0. The number of hydrogen-bond donors (Lipinski definition) is 2. The summed E-state index contributed by atoms with van der Waals surface area (Å²) in [5.74, 6) is 0.320. The van der Waals surface area contributed by atoms with E-state index >= 15 is 0 Å². The van der Waals surface area contributed by atoms with E-state index in [1.165, 1.54) is 0 Å². The molecule has 1 amide bonds. The number of carbonyl (C=O) groups is 1. The fourth-order valence-electron chi connectivity index (χ4n) is 2.93. The largest absolute Gasteiger partial charge is 0.444 e. The number of rotatable bonds is 1. The maximum atomic E-state index is 12.2. The Morgan fingerprint density at radius 1 is 1.33 bits per heavy atom. The molecule has 18 heavy (non-hydrogen) atoms. The average molecular weight is 256 g/mol. The van der Waals surface area contributed by atoms with Crippen LogP contribution >= 0.6 is 0 Å². The Labute approximate surface area is 108 Å². The highest BCUT2D eigenvalue weighted by molar-refractivity contribution is 5.69. The predicted molar refractivity (Wildman–Crippen MR) is 68.3 cm³/mol. The van der Waals surface area contributed by atoms with E-state index in [2.05, 4.69) is 5.32 Å². The van der Waals surface area contributed by atoms with Crippen LogP contribution in [0.2, 0.25) is 0 Å². The lowest BCUT2D eigenvalue weighted by atomic mass is 9.84. The Kier molecular flexibility index (Phi) is 3.82. The zero-order valence-electron chi connectivity index (χ0n) is 11.5. The van der Waals surface area contributed by atoms with Gasteiger partial charge >= 0.3 is 6.09 Å². The highest BCUT2D eigenvalue weighted by Gasteiger charge is 2.42. The summed E-state index contributed by atoms with van der Waals surface area (Å²) >= 11 is 0.